The molecule has 100 valence electrons. The van der Waals surface area contributed by atoms with Crippen LogP contribution in [0.4, 0.5) is 5.69 Å². The predicted octanol–water partition coefficient (Wildman–Crippen LogP) is 2.09. The molecule has 0 aliphatic carbocycles. The number of likely N-dealkylation sites (tertiary alicyclic amines) is 1. The second-order valence-corrected chi connectivity index (χ2v) is 5.68. The molecule has 0 spiro atoms. The van der Waals surface area contributed by atoms with E-state index in [9.17, 15) is 0 Å². The van der Waals surface area contributed by atoms with Crippen LogP contribution < -0.4 is 10.6 Å². The lowest BCUT2D eigenvalue weighted by Crippen LogP contribution is -2.27. The zero-order valence-corrected chi connectivity index (χ0v) is 11.8. The average molecular weight is 247 g/mol. The van der Waals surface area contributed by atoms with Gasteiger partial charge in [0, 0.05) is 31.9 Å². The molecule has 3 heteroatoms. The summed E-state index contributed by atoms with van der Waals surface area (Å²) in [4.78, 5) is 4.77. The monoisotopic (exact) mass is 247 g/mol. The molecule has 18 heavy (non-hydrogen) atoms. The van der Waals surface area contributed by atoms with Crippen LogP contribution in [0.1, 0.15) is 24.9 Å². The van der Waals surface area contributed by atoms with E-state index in [4.69, 9.17) is 5.73 Å². The average Bonchev–Trinajstić information content (AvgIpc) is 2.75. The summed E-state index contributed by atoms with van der Waals surface area (Å²) in [5, 5.41) is 0. The quantitative estimate of drug-likeness (QED) is 0.884. The molecule has 2 rings (SSSR count). The zero-order chi connectivity index (χ0) is 13.1. The standard InChI is InChI=1S/C15H25N3/c1-12(16)14-4-6-15(7-5-14)18(3)11-13-8-9-17(2)10-13/h4-7,12-13H,8-11,16H2,1-3H3/t12-,13?/m1/s1. The summed E-state index contributed by atoms with van der Waals surface area (Å²) >= 11 is 0. The van der Waals surface area contributed by atoms with E-state index in [1.807, 2.05) is 6.92 Å². The van der Waals surface area contributed by atoms with Crippen molar-refractivity contribution in [3.05, 3.63) is 29.8 Å². The fraction of sp³-hybridized carbons (Fsp3) is 0.600. The van der Waals surface area contributed by atoms with E-state index >= 15 is 0 Å². The van der Waals surface area contributed by atoms with Crippen LogP contribution in [0.25, 0.3) is 0 Å². The summed E-state index contributed by atoms with van der Waals surface area (Å²) in [5.41, 5.74) is 8.36. The van der Waals surface area contributed by atoms with E-state index in [1.54, 1.807) is 0 Å². The summed E-state index contributed by atoms with van der Waals surface area (Å²) in [5.74, 6) is 0.799. The van der Waals surface area contributed by atoms with E-state index in [1.165, 1.54) is 30.8 Å². The Morgan fingerprint density at radius 2 is 2.06 bits per heavy atom. The van der Waals surface area contributed by atoms with Crippen molar-refractivity contribution < 1.29 is 0 Å². The van der Waals surface area contributed by atoms with Crippen LogP contribution in [0.3, 0.4) is 0 Å². The van der Waals surface area contributed by atoms with Crippen molar-refractivity contribution in [1.29, 1.82) is 0 Å². The molecule has 1 saturated heterocycles. The lowest BCUT2D eigenvalue weighted by atomic mass is 10.1. The van der Waals surface area contributed by atoms with Crippen molar-refractivity contribution in [3.63, 3.8) is 0 Å². The van der Waals surface area contributed by atoms with Crippen LogP contribution in [0, 0.1) is 5.92 Å². The Kier molecular flexibility index (Phi) is 4.25. The van der Waals surface area contributed by atoms with E-state index in [2.05, 4.69) is 48.2 Å². The van der Waals surface area contributed by atoms with Gasteiger partial charge in [0.1, 0.15) is 0 Å². The summed E-state index contributed by atoms with van der Waals surface area (Å²) in [6.45, 7) is 5.62. The highest BCUT2D eigenvalue weighted by molar-refractivity contribution is 5.47. The van der Waals surface area contributed by atoms with Gasteiger partial charge in [0.25, 0.3) is 0 Å². The second kappa shape index (κ2) is 5.72. The van der Waals surface area contributed by atoms with Crippen molar-refractivity contribution in [1.82, 2.24) is 4.90 Å². The third kappa shape index (κ3) is 3.24. The molecule has 1 fully saturated rings. The molecular formula is C15H25N3. The van der Waals surface area contributed by atoms with E-state index in [-0.39, 0.29) is 6.04 Å². The first kappa shape index (κ1) is 13.4. The predicted molar refractivity (Wildman–Crippen MR) is 77.9 cm³/mol. The second-order valence-electron chi connectivity index (χ2n) is 5.68. The molecule has 0 saturated carbocycles. The van der Waals surface area contributed by atoms with E-state index in [0.29, 0.717) is 0 Å². The Morgan fingerprint density at radius 1 is 1.39 bits per heavy atom. The van der Waals surface area contributed by atoms with Crippen LogP contribution in [-0.4, -0.2) is 38.6 Å². The van der Waals surface area contributed by atoms with Gasteiger partial charge in [-0.25, -0.2) is 0 Å². The first-order chi connectivity index (χ1) is 8.56. The molecule has 1 aliphatic heterocycles. The van der Waals surface area contributed by atoms with Crippen LogP contribution >= 0.6 is 0 Å². The van der Waals surface area contributed by atoms with Gasteiger partial charge >= 0.3 is 0 Å². The minimum Gasteiger partial charge on any atom is -0.374 e. The maximum absolute atomic E-state index is 5.87. The third-order valence-corrected chi connectivity index (χ3v) is 3.88. The first-order valence-electron chi connectivity index (χ1n) is 6.81. The molecule has 1 aromatic carbocycles. The van der Waals surface area contributed by atoms with Gasteiger partial charge < -0.3 is 15.5 Å². The maximum atomic E-state index is 5.87. The highest BCUT2D eigenvalue weighted by Gasteiger charge is 2.20. The molecule has 0 amide bonds. The SMILES string of the molecule is C[C@@H](N)c1ccc(N(C)CC2CCN(C)C2)cc1. The van der Waals surface area contributed by atoms with Crippen molar-refractivity contribution in [3.8, 4) is 0 Å². The lowest BCUT2D eigenvalue weighted by Gasteiger charge is -2.23. The van der Waals surface area contributed by atoms with Crippen LogP contribution in [0.5, 0.6) is 0 Å². The number of nitrogens with zero attached hydrogens (tertiary/aromatic N) is 2. The topological polar surface area (TPSA) is 32.5 Å². The molecule has 3 nitrogen and oxygen atoms in total. The minimum absolute atomic E-state index is 0.118. The van der Waals surface area contributed by atoms with Crippen LogP contribution in [0.2, 0.25) is 0 Å². The van der Waals surface area contributed by atoms with Crippen molar-refractivity contribution in [2.75, 3.05) is 38.6 Å². The number of hydrogen-bond donors (Lipinski definition) is 1. The minimum atomic E-state index is 0.118. The summed E-state index contributed by atoms with van der Waals surface area (Å²) in [6.07, 6.45) is 1.32. The molecule has 1 heterocycles. The molecule has 1 aliphatic rings. The fourth-order valence-electron chi connectivity index (χ4n) is 2.70. The van der Waals surface area contributed by atoms with E-state index in [0.717, 1.165) is 12.5 Å². The number of anilines is 1. The number of hydrogen-bond acceptors (Lipinski definition) is 3. The Hall–Kier alpha value is -1.06. The van der Waals surface area contributed by atoms with Gasteiger partial charge in [-0.1, -0.05) is 12.1 Å². The molecule has 0 bridgehead atoms. The van der Waals surface area contributed by atoms with Gasteiger partial charge in [-0.15, -0.1) is 0 Å². The van der Waals surface area contributed by atoms with Gasteiger partial charge in [-0.3, -0.25) is 0 Å². The highest BCUT2D eigenvalue weighted by atomic mass is 15.1. The zero-order valence-electron chi connectivity index (χ0n) is 11.8. The van der Waals surface area contributed by atoms with Crippen LogP contribution in [-0.2, 0) is 0 Å². The maximum Gasteiger partial charge on any atom is 0.0363 e. The normalized spacial score (nSPS) is 22.1. The Balaban J connectivity index is 1.94. The van der Waals surface area contributed by atoms with Gasteiger partial charge in [0.2, 0.25) is 0 Å². The van der Waals surface area contributed by atoms with Gasteiger partial charge in [0.05, 0.1) is 0 Å². The fourth-order valence-corrected chi connectivity index (χ4v) is 2.70. The summed E-state index contributed by atoms with van der Waals surface area (Å²) < 4.78 is 0. The first-order valence-corrected chi connectivity index (χ1v) is 6.81. The van der Waals surface area contributed by atoms with Crippen LogP contribution in [0.15, 0.2) is 24.3 Å². The molecular weight excluding hydrogens is 222 g/mol. The smallest absolute Gasteiger partial charge is 0.0363 e. The molecule has 2 N–H and O–H groups in total. The number of rotatable bonds is 4. The Bertz CT molecular complexity index is 372. The third-order valence-electron chi connectivity index (χ3n) is 3.88. The number of benzene rings is 1. The highest BCUT2D eigenvalue weighted by Crippen LogP contribution is 2.21. The molecule has 1 unspecified atom stereocenters. The Labute approximate surface area is 111 Å². The Morgan fingerprint density at radius 3 is 2.56 bits per heavy atom. The van der Waals surface area contributed by atoms with Crippen molar-refractivity contribution in [2.45, 2.75) is 19.4 Å². The largest absolute Gasteiger partial charge is 0.374 e. The van der Waals surface area contributed by atoms with Crippen molar-refractivity contribution in [2.24, 2.45) is 11.7 Å². The molecule has 0 aromatic heterocycles. The lowest BCUT2D eigenvalue weighted by molar-refractivity contribution is 0.396. The molecule has 1 aromatic rings. The summed E-state index contributed by atoms with van der Waals surface area (Å²) in [7, 11) is 4.39. The number of nitrogens with two attached hydrogens (primary N) is 1. The van der Waals surface area contributed by atoms with Gasteiger partial charge in [-0.05, 0) is 50.6 Å². The van der Waals surface area contributed by atoms with Crippen molar-refractivity contribution >= 4 is 5.69 Å². The van der Waals surface area contributed by atoms with Gasteiger partial charge in [0.15, 0.2) is 0 Å². The molecule has 0 radical (unpaired) electrons. The van der Waals surface area contributed by atoms with Gasteiger partial charge in [-0.2, -0.15) is 0 Å². The molecule has 2 atom stereocenters. The van der Waals surface area contributed by atoms with E-state index < -0.39 is 0 Å². The summed E-state index contributed by atoms with van der Waals surface area (Å²) in [6, 6.07) is 8.75.